The molecular formula is C22H30ClN3O6. The molecule has 0 saturated carbocycles. The lowest BCUT2D eigenvalue weighted by atomic mass is 9.80. The standard InChI is InChI=1S/C22H30ClN3O6/c1-3-32-22(28)20-17(13-31-11-9-25)26-16(12-30-10-8-24)19(21(27)29-2)18(20)14-6-4-5-7-15(14)23/h4-7,18,26H,3,8-13,24-25H2,1-2H3/t18-/m1/s1. The summed E-state index contributed by atoms with van der Waals surface area (Å²) in [6.45, 7) is 3.12. The van der Waals surface area contributed by atoms with Crippen molar-refractivity contribution >= 4 is 23.5 Å². The maximum absolute atomic E-state index is 13.1. The summed E-state index contributed by atoms with van der Waals surface area (Å²) in [5.74, 6) is -2.08. The van der Waals surface area contributed by atoms with Gasteiger partial charge in [0.1, 0.15) is 0 Å². The second-order valence-electron chi connectivity index (χ2n) is 6.76. The molecule has 0 unspecified atom stereocenters. The Morgan fingerprint density at radius 2 is 1.56 bits per heavy atom. The molecule has 0 spiro atoms. The number of nitrogens with two attached hydrogens (primary N) is 2. The maximum atomic E-state index is 13.1. The molecule has 2 rings (SSSR count). The molecule has 0 saturated heterocycles. The van der Waals surface area contributed by atoms with Gasteiger partial charge in [0, 0.05) is 18.1 Å². The maximum Gasteiger partial charge on any atom is 0.336 e. The Morgan fingerprint density at radius 3 is 2.06 bits per heavy atom. The molecule has 176 valence electrons. The van der Waals surface area contributed by atoms with E-state index in [1.54, 1.807) is 31.2 Å². The van der Waals surface area contributed by atoms with Crippen LogP contribution in [0.4, 0.5) is 0 Å². The molecular weight excluding hydrogens is 438 g/mol. The first-order valence-corrected chi connectivity index (χ1v) is 10.7. The van der Waals surface area contributed by atoms with Crippen LogP contribution in [-0.2, 0) is 28.5 Å². The van der Waals surface area contributed by atoms with E-state index in [0.717, 1.165) is 0 Å². The number of nitrogens with one attached hydrogen (secondary N) is 1. The normalized spacial score (nSPS) is 16.1. The van der Waals surface area contributed by atoms with Gasteiger partial charge in [-0.25, -0.2) is 9.59 Å². The highest BCUT2D eigenvalue weighted by molar-refractivity contribution is 6.31. The number of benzene rings is 1. The molecule has 1 heterocycles. The van der Waals surface area contributed by atoms with Crippen molar-refractivity contribution in [1.82, 2.24) is 5.32 Å². The molecule has 0 aliphatic carbocycles. The van der Waals surface area contributed by atoms with E-state index in [2.05, 4.69) is 5.32 Å². The number of halogens is 1. The van der Waals surface area contributed by atoms with Gasteiger partial charge in [-0.15, -0.1) is 0 Å². The van der Waals surface area contributed by atoms with Crippen LogP contribution in [0.15, 0.2) is 46.8 Å². The van der Waals surface area contributed by atoms with Gasteiger partial charge in [-0.05, 0) is 18.6 Å². The number of ether oxygens (including phenoxy) is 4. The van der Waals surface area contributed by atoms with Crippen molar-refractivity contribution in [3.05, 3.63) is 57.4 Å². The molecule has 9 nitrogen and oxygen atoms in total. The van der Waals surface area contributed by atoms with Gasteiger partial charge in [-0.3, -0.25) is 0 Å². The lowest BCUT2D eigenvalue weighted by Gasteiger charge is -2.32. The molecule has 1 aliphatic heterocycles. The Morgan fingerprint density at radius 1 is 1.00 bits per heavy atom. The van der Waals surface area contributed by atoms with E-state index < -0.39 is 17.9 Å². The van der Waals surface area contributed by atoms with E-state index in [9.17, 15) is 9.59 Å². The van der Waals surface area contributed by atoms with Crippen LogP contribution in [0, 0.1) is 0 Å². The molecule has 5 N–H and O–H groups in total. The van der Waals surface area contributed by atoms with Crippen molar-refractivity contribution in [2.45, 2.75) is 12.8 Å². The van der Waals surface area contributed by atoms with E-state index in [4.69, 9.17) is 42.0 Å². The van der Waals surface area contributed by atoms with Crippen LogP contribution < -0.4 is 16.8 Å². The largest absolute Gasteiger partial charge is 0.466 e. The van der Waals surface area contributed by atoms with Crippen molar-refractivity contribution in [3.63, 3.8) is 0 Å². The van der Waals surface area contributed by atoms with Gasteiger partial charge in [-0.1, -0.05) is 29.8 Å². The zero-order chi connectivity index (χ0) is 23.5. The topological polar surface area (TPSA) is 135 Å². The highest BCUT2D eigenvalue weighted by atomic mass is 35.5. The van der Waals surface area contributed by atoms with Gasteiger partial charge >= 0.3 is 11.9 Å². The Hall–Kier alpha value is -2.43. The minimum Gasteiger partial charge on any atom is -0.466 e. The molecule has 0 aromatic heterocycles. The zero-order valence-electron chi connectivity index (χ0n) is 18.3. The van der Waals surface area contributed by atoms with Gasteiger partial charge < -0.3 is 35.7 Å². The fourth-order valence-corrected chi connectivity index (χ4v) is 3.62. The molecule has 10 heteroatoms. The smallest absolute Gasteiger partial charge is 0.336 e. The molecule has 1 aromatic carbocycles. The van der Waals surface area contributed by atoms with Crippen LogP contribution >= 0.6 is 11.6 Å². The minimum absolute atomic E-state index is 0.0408. The van der Waals surface area contributed by atoms with E-state index in [0.29, 0.717) is 35.1 Å². The van der Waals surface area contributed by atoms with Crippen molar-refractivity contribution in [3.8, 4) is 0 Å². The lowest BCUT2D eigenvalue weighted by Crippen LogP contribution is -2.37. The summed E-state index contributed by atoms with van der Waals surface area (Å²) in [7, 11) is 1.27. The molecule has 1 atom stereocenters. The highest BCUT2D eigenvalue weighted by Crippen LogP contribution is 2.42. The fourth-order valence-electron chi connectivity index (χ4n) is 3.37. The van der Waals surface area contributed by atoms with Gasteiger partial charge in [0.05, 0.1) is 68.6 Å². The van der Waals surface area contributed by atoms with Crippen LogP contribution in [-0.4, -0.2) is 65.2 Å². The van der Waals surface area contributed by atoms with E-state index in [1.165, 1.54) is 7.11 Å². The number of dihydropyridines is 1. The SMILES string of the molecule is CCOC(=O)C1=C(COCCN)NC(COCCN)=C(C(=O)OC)[C@H]1c1ccccc1Cl. The van der Waals surface area contributed by atoms with Crippen molar-refractivity contribution < 1.29 is 28.5 Å². The van der Waals surface area contributed by atoms with Crippen molar-refractivity contribution in [1.29, 1.82) is 0 Å². The predicted octanol–water partition coefficient (Wildman–Crippen LogP) is 1.22. The monoisotopic (exact) mass is 467 g/mol. The second kappa shape index (κ2) is 13.2. The fraction of sp³-hybridized carbons (Fsp3) is 0.455. The third-order valence-electron chi connectivity index (χ3n) is 4.66. The number of hydrogen-bond acceptors (Lipinski definition) is 9. The number of carbonyl (C=O) groups is 2. The molecule has 32 heavy (non-hydrogen) atoms. The summed E-state index contributed by atoms with van der Waals surface area (Å²) in [5.41, 5.74) is 12.9. The average molecular weight is 468 g/mol. The second-order valence-corrected chi connectivity index (χ2v) is 7.17. The summed E-state index contributed by atoms with van der Waals surface area (Å²) >= 11 is 6.50. The number of carbonyl (C=O) groups excluding carboxylic acids is 2. The average Bonchev–Trinajstić information content (AvgIpc) is 2.79. The zero-order valence-corrected chi connectivity index (χ0v) is 19.1. The van der Waals surface area contributed by atoms with Gasteiger partial charge in [0.2, 0.25) is 0 Å². The van der Waals surface area contributed by atoms with Crippen LogP contribution in [0.3, 0.4) is 0 Å². The summed E-state index contributed by atoms with van der Waals surface area (Å²) in [6.07, 6.45) is 0. The molecule has 1 aliphatic rings. The van der Waals surface area contributed by atoms with E-state index in [1.807, 2.05) is 0 Å². The van der Waals surface area contributed by atoms with Crippen molar-refractivity contribution in [2.75, 3.05) is 53.2 Å². The van der Waals surface area contributed by atoms with Crippen LogP contribution in [0.2, 0.25) is 5.02 Å². The number of rotatable bonds is 12. The first-order valence-electron chi connectivity index (χ1n) is 10.3. The Balaban J connectivity index is 2.71. The lowest BCUT2D eigenvalue weighted by molar-refractivity contribution is -0.139. The quantitative estimate of drug-likeness (QED) is 0.306. The predicted molar refractivity (Wildman–Crippen MR) is 120 cm³/mol. The third-order valence-corrected chi connectivity index (χ3v) is 5.01. The van der Waals surface area contributed by atoms with Crippen molar-refractivity contribution in [2.24, 2.45) is 11.5 Å². The summed E-state index contributed by atoms with van der Waals surface area (Å²) in [4.78, 5) is 26.0. The highest BCUT2D eigenvalue weighted by Gasteiger charge is 2.40. The molecule has 0 amide bonds. The minimum atomic E-state index is -0.857. The van der Waals surface area contributed by atoms with Gasteiger partial charge in [-0.2, -0.15) is 0 Å². The van der Waals surface area contributed by atoms with Crippen LogP contribution in [0.5, 0.6) is 0 Å². The molecule has 0 fully saturated rings. The Kier molecular flexibility index (Phi) is 10.6. The third kappa shape index (κ3) is 6.30. The van der Waals surface area contributed by atoms with E-state index >= 15 is 0 Å². The Labute approximate surface area is 192 Å². The summed E-state index contributed by atoms with van der Waals surface area (Å²) < 4.78 is 21.6. The van der Waals surface area contributed by atoms with E-state index in [-0.39, 0.29) is 44.2 Å². The van der Waals surface area contributed by atoms with Gasteiger partial charge in [0.15, 0.2) is 0 Å². The van der Waals surface area contributed by atoms with Gasteiger partial charge in [0.25, 0.3) is 0 Å². The molecule has 1 aromatic rings. The first kappa shape index (κ1) is 25.8. The number of methoxy groups -OCH3 is 1. The first-order chi connectivity index (χ1) is 15.5. The summed E-state index contributed by atoms with van der Waals surface area (Å²) in [5, 5.41) is 3.51. The summed E-state index contributed by atoms with van der Waals surface area (Å²) in [6, 6.07) is 6.97. The number of hydrogen-bond donors (Lipinski definition) is 3. The number of esters is 2. The van der Waals surface area contributed by atoms with Crippen LogP contribution in [0.25, 0.3) is 0 Å². The van der Waals surface area contributed by atoms with Crippen LogP contribution in [0.1, 0.15) is 18.4 Å². The molecule has 0 bridgehead atoms. The Bertz CT molecular complexity index is 871. The molecule has 0 radical (unpaired) electrons.